The number of nitrogens with zero attached hydrogens (tertiary/aromatic N) is 2. The molecule has 1 aromatic carbocycles. The summed E-state index contributed by atoms with van der Waals surface area (Å²) in [5, 5.41) is 9.61. The van der Waals surface area contributed by atoms with Crippen LogP contribution in [0, 0.1) is 0 Å². The number of amides is 1. The number of likely N-dealkylation sites (N-methyl/N-ethyl adjacent to an activating group) is 2. The molecule has 20 heavy (non-hydrogen) atoms. The summed E-state index contributed by atoms with van der Waals surface area (Å²) in [4.78, 5) is 15.8. The standard InChI is InChI=1S/C16H24N2O2/c1-4-18(11-16(20)17(2)3)15-7-5-6-12-10-13(19)8-9-14(12)15/h8-10,15,19H,4-7,11H2,1-3H3. The highest BCUT2D eigenvalue weighted by atomic mass is 16.3. The lowest BCUT2D eigenvalue weighted by Crippen LogP contribution is -2.39. The largest absolute Gasteiger partial charge is 0.508 e. The molecule has 1 amide bonds. The first-order chi connectivity index (χ1) is 9.52. The number of aryl methyl sites for hydroxylation is 1. The molecule has 0 aromatic heterocycles. The highest BCUT2D eigenvalue weighted by Crippen LogP contribution is 2.35. The minimum atomic E-state index is 0.137. The molecule has 1 atom stereocenters. The van der Waals surface area contributed by atoms with E-state index in [1.165, 1.54) is 11.1 Å². The van der Waals surface area contributed by atoms with Gasteiger partial charge in [-0.3, -0.25) is 9.69 Å². The van der Waals surface area contributed by atoms with E-state index >= 15 is 0 Å². The van der Waals surface area contributed by atoms with Gasteiger partial charge in [-0.15, -0.1) is 0 Å². The van der Waals surface area contributed by atoms with Crippen LogP contribution in [-0.2, 0) is 11.2 Å². The molecule has 110 valence electrons. The van der Waals surface area contributed by atoms with Gasteiger partial charge in [-0.2, -0.15) is 0 Å². The van der Waals surface area contributed by atoms with Crippen LogP contribution in [0.5, 0.6) is 5.75 Å². The molecule has 0 saturated heterocycles. The minimum absolute atomic E-state index is 0.137. The third kappa shape index (κ3) is 3.12. The van der Waals surface area contributed by atoms with Gasteiger partial charge < -0.3 is 10.0 Å². The van der Waals surface area contributed by atoms with Gasteiger partial charge in [0.15, 0.2) is 0 Å². The molecule has 1 N–H and O–H groups in total. The van der Waals surface area contributed by atoms with Gasteiger partial charge in [-0.1, -0.05) is 13.0 Å². The zero-order valence-electron chi connectivity index (χ0n) is 12.6. The summed E-state index contributed by atoms with van der Waals surface area (Å²) in [6.07, 6.45) is 3.19. The van der Waals surface area contributed by atoms with Crippen molar-refractivity contribution in [3.63, 3.8) is 0 Å². The molecule has 1 aliphatic carbocycles. The summed E-state index contributed by atoms with van der Waals surface area (Å²) in [6, 6.07) is 5.91. The van der Waals surface area contributed by atoms with Crippen LogP contribution in [0.3, 0.4) is 0 Å². The van der Waals surface area contributed by atoms with E-state index in [0.717, 1.165) is 25.8 Å². The van der Waals surface area contributed by atoms with E-state index in [9.17, 15) is 9.90 Å². The molecule has 0 aliphatic heterocycles. The lowest BCUT2D eigenvalue weighted by Gasteiger charge is -2.35. The van der Waals surface area contributed by atoms with Crippen molar-refractivity contribution in [3.05, 3.63) is 29.3 Å². The second-order valence-electron chi connectivity index (χ2n) is 5.64. The van der Waals surface area contributed by atoms with Gasteiger partial charge in [-0.05, 0) is 49.1 Å². The number of hydrogen-bond donors (Lipinski definition) is 1. The van der Waals surface area contributed by atoms with Crippen LogP contribution in [0.1, 0.15) is 36.9 Å². The summed E-state index contributed by atoms with van der Waals surface area (Å²) in [5.74, 6) is 0.467. The van der Waals surface area contributed by atoms with E-state index in [1.807, 2.05) is 12.1 Å². The fourth-order valence-corrected chi connectivity index (χ4v) is 2.91. The maximum Gasteiger partial charge on any atom is 0.236 e. The van der Waals surface area contributed by atoms with E-state index in [4.69, 9.17) is 0 Å². The maximum absolute atomic E-state index is 12.0. The van der Waals surface area contributed by atoms with E-state index in [2.05, 4.69) is 11.8 Å². The Morgan fingerprint density at radius 3 is 2.80 bits per heavy atom. The van der Waals surface area contributed by atoms with Crippen molar-refractivity contribution in [2.45, 2.75) is 32.2 Å². The van der Waals surface area contributed by atoms with Crippen molar-refractivity contribution in [3.8, 4) is 5.75 Å². The van der Waals surface area contributed by atoms with Crippen LogP contribution in [0.2, 0.25) is 0 Å². The van der Waals surface area contributed by atoms with E-state index in [-0.39, 0.29) is 11.9 Å². The van der Waals surface area contributed by atoms with Crippen LogP contribution in [0.25, 0.3) is 0 Å². The van der Waals surface area contributed by atoms with E-state index in [1.54, 1.807) is 25.1 Å². The quantitative estimate of drug-likeness (QED) is 0.916. The first-order valence-electron chi connectivity index (χ1n) is 7.29. The third-order valence-electron chi connectivity index (χ3n) is 4.09. The van der Waals surface area contributed by atoms with Gasteiger partial charge in [0.1, 0.15) is 5.75 Å². The van der Waals surface area contributed by atoms with Crippen molar-refractivity contribution < 1.29 is 9.90 Å². The Labute approximate surface area is 121 Å². The zero-order chi connectivity index (χ0) is 14.7. The Balaban J connectivity index is 2.22. The van der Waals surface area contributed by atoms with Crippen LogP contribution in [-0.4, -0.2) is 48.0 Å². The molecular weight excluding hydrogens is 252 g/mol. The summed E-state index contributed by atoms with van der Waals surface area (Å²) in [5.41, 5.74) is 2.49. The number of phenols is 1. The maximum atomic E-state index is 12.0. The molecule has 0 bridgehead atoms. The molecular formula is C16H24N2O2. The number of hydrogen-bond acceptors (Lipinski definition) is 3. The SMILES string of the molecule is CCN(CC(=O)N(C)C)C1CCCc2cc(O)ccc21. The third-order valence-corrected chi connectivity index (χ3v) is 4.09. The lowest BCUT2D eigenvalue weighted by molar-refractivity contribution is -0.130. The number of aromatic hydroxyl groups is 1. The first-order valence-corrected chi connectivity index (χ1v) is 7.29. The average Bonchev–Trinajstić information content (AvgIpc) is 2.43. The van der Waals surface area contributed by atoms with E-state index < -0.39 is 0 Å². The van der Waals surface area contributed by atoms with Crippen LogP contribution in [0.15, 0.2) is 18.2 Å². The minimum Gasteiger partial charge on any atom is -0.508 e. The Kier molecular flexibility index (Phi) is 4.65. The molecule has 0 spiro atoms. The molecule has 0 saturated carbocycles. The second kappa shape index (κ2) is 6.27. The zero-order valence-corrected chi connectivity index (χ0v) is 12.6. The predicted octanol–water partition coefficient (Wildman–Crippen LogP) is 2.18. The van der Waals surface area contributed by atoms with Crippen molar-refractivity contribution in [2.24, 2.45) is 0 Å². The highest BCUT2D eigenvalue weighted by molar-refractivity contribution is 5.77. The number of fused-ring (bicyclic) bond motifs is 1. The number of phenolic OH excluding ortho intramolecular Hbond substituents is 1. The van der Waals surface area contributed by atoms with Crippen LogP contribution < -0.4 is 0 Å². The second-order valence-corrected chi connectivity index (χ2v) is 5.64. The lowest BCUT2D eigenvalue weighted by atomic mass is 9.86. The Morgan fingerprint density at radius 2 is 2.15 bits per heavy atom. The van der Waals surface area contributed by atoms with Gasteiger partial charge in [0, 0.05) is 20.1 Å². The molecule has 0 heterocycles. The van der Waals surface area contributed by atoms with Crippen molar-refractivity contribution in [1.82, 2.24) is 9.80 Å². The molecule has 0 radical (unpaired) electrons. The molecule has 4 heteroatoms. The normalized spacial score (nSPS) is 17.9. The fourth-order valence-electron chi connectivity index (χ4n) is 2.91. The number of carbonyl (C=O) groups is 1. The van der Waals surface area contributed by atoms with Gasteiger partial charge in [0.05, 0.1) is 6.54 Å². The molecule has 1 unspecified atom stereocenters. The number of carbonyl (C=O) groups excluding carboxylic acids is 1. The van der Waals surface area contributed by atoms with Gasteiger partial charge >= 0.3 is 0 Å². The monoisotopic (exact) mass is 276 g/mol. The summed E-state index contributed by atoms with van der Waals surface area (Å²) >= 11 is 0. The smallest absolute Gasteiger partial charge is 0.236 e. The topological polar surface area (TPSA) is 43.8 Å². The van der Waals surface area contributed by atoms with Gasteiger partial charge in [0.2, 0.25) is 5.91 Å². The highest BCUT2D eigenvalue weighted by Gasteiger charge is 2.26. The predicted molar refractivity (Wildman–Crippen MR) is 79.7 cm³/mol. The first kappa shape index (κ1) is 14.9. The molecule has 1 aromatic rings. The summed E-state index contributed by atoms with van der Waals surface area (Å²) in [7, 11) is 3.59. The molecule has 1 aliphatic rings. The average molecular weight is 276 g/mol. The Morgan fingerprint density at radius 1 is 1.40 bits per heavy atom. The van der Waals surface area contributed by atoms with E-state index in [0.29, 0.717) is 12.3 Å². The molecule has 4 nitrogen and oxygen atoms in total. The summed E-state index contributed by atoms with van der Waals surface area (Å²) < 4.78 is 0. The molecule has 0 fully saturated rings. The fraction of sp³-hybridized carbons (Fsp3) is 0.562. The van der Waals surface area contributed by atoms with Crippen molar-refractivity contribution >= 4 is 5.91 Å². The van der Waals surface area contributed by atoms with Gasteiger partial charge in [0.25, 0.3) is 0 Å². The Hall–Kier alpha value is -1.55. The van der Waals surface area contributed by atoms with Crippen LogP contribution in [0.4, 0.5) is 0 Å². The summed E-state index contributed by atoms with van der Waals surface area (Å²) in [6.45, 7) is 3.40. The van der Waals surface area contributed by atoms with Crippen LogP contribution >= 0.6 is 0 Å². The van der Waals surface area contributed by atoms with Crippen molar-refractivity contribution in [2.75, 3.05) is 27.2 Å². The van der Waals surface area contributed by atoms with Gasteiger partial charge in [-0.25, -0.2) is 0 Å². The number of rotatable bonds is 4. The number of benzene rings is 1. The molecule has 2 rings (SSSR count). The Bertz CT molecular complexity index is 485. The van der Waals surface area contributed by atoms with Crippen molar-refractivity contribution in [1.29, 1.82) is 0 Å².